The van der Waals surface area contributed by atoms with Crippen molar-refractivity contribution in [2.24, 2.45) is 5.73 Å². The first kappa shape index (κ1) is 10.5. The van der Waals surface area contributed by atoms with Crippen LogP contribution in [0.5, 0.6) is 0 Å². The number of nitrogens with two attached hydrogens (primary N) is 2. The minimum Gasteiger partial charge on any atom is -0.399 e. The summed E-state index contributed by atoms with van der Waals surface area (Å²) in [5, 5.41) is 2.82. The highest BCUT2D eigenvalue weighted by Crippen LogP contribution is 2.20. The van der Waals surface area contributed by atoms with Crippen LogP contribution in [0.2, 0.25) is 0 Å². The molecule has 5 nitrogen and oxygen atoms in total. The molecule has 2 amide bonds. The third-order valence-corrected chi connectivity index (χ3v) is 2.41. The lowest BCUT2D eigenvalue weighted by Gasteiger charge is -2.06. The first-order chi connectivity index (χ1) is 7.56. The van der Waals surface area contributed by atoms with E-state index in [1.807, 2.05) is 0 Å². The van der Waals surface area contributed by atoms with E-state index in [0.717, 1.165) is 12.8 Å². The van der Waals surface area contributed by atoms with Gasteiger partial charge in [0, 0.05) is 22.9 Å². The molecule has 0 heterocycles. The molecule has 16 heavy (non-hydrogen) atoms. The topological polar surface area (TPSA) is 98.2 Å². The van der Waals surface area contributed by atoms with Crippen molar-refractivity contribution in [1.29, 1.82) is 0 Å². The van der Waals surface area contributed by atoms with Crippen molar-refractivity contribution in [2.75, 3.05) is 5.73 Å². The number of carbonyl (C=O) groups is 2. The summed E-state index contributed by atoms with van der Waals surface area (Å²) in [6.07, 6.45) is 2.02. The number of amides is 2. The van der Waals surface area contributed by atoms with Gasteiger partial charge in [-0.3, -0.25) is 9.59 Å². The summed E-state index contributed by atoms with van der Waals surface area (Å²) < 4.78 is 0. The molecule has 1 fully saturated rings. The van der Waals surface area contributed by atoms with Crippen molar-refractivity contribution >= 4 is 17.5 Å². The molecule has 0 saturated heterocycles. The fraction of sp³-hybridized carbons (Fsp3) is 0.273. The third kappa shape index (κ3) is 2.31. The van der Waals surface area contributed by atoms with Crippen LogP contribution in [0.4, 0.5) is 5.69 Å². The lowest BCUT2D eigenvalue weighted by atomic mass is 10.1. The highest BCUT2D eigenvalue weighted by molar-refractivity contribution is 6.00. The Balaban J connectivity index is 2.24. The van der Waals surface area contributed by atoms with Crippen LogP contribution in [-0.2, 0) is 0 Å². The molecule has 1 saturated carbocycles. The van der Waals surface area contributed by atoms with Gasteiger partial charge in [-0.2, -0.15) is 0 Å². The normalized spacial score (nSPS) is 14.5. The number of rotatable bonds is 3. The maximum atomic E-state index is 11.7. The van der Waals surface area contributed by atoms with Gasteiger partial charge in [0.05, 0.1) is 0 Å². The van der Waals surface area contributed by atoms with Crippen molar-refractivity contribution in [3.63, 3.8) is 0 Å². The molecule has 5 heteroatoms. The molecule has 0 spiro atoms. The van der Waals surface area contributed by atoms with Gasteiger partial charge in [0.1, 0.15) is 0 Å². The number of carbonyl (C=O) groups excluding carboxylic acids is 2. The number of nitrogen functional groups attached to an aromatic ring is 1. The highest BCUT2D eigenvalue weighted by atomic mass is 16.2. The Morgan fingerprint density at radius 1 is 1.19 bits per heavy atom. The quantitative estimate of drug-likeness (QED) is 0.636. The lowest BCUT2D eigenvalue weighted by Crippen LogP contribution is -2.26. The predicted octanol–water partition coefficient (Wildman–Crippen LogP) is 0.260. The summed E-state index contributed by atoms with van der Waals surface area (Å²) in [5.41, 5.74) is 11.7. The number of anilines is 1. The van der Waals surface area contributed by atoms with E-state index in [2.05, 4.69) is 5.32 Å². The number of hydrogen-bond donors (Lipinski definition) is 3. The van der Waals surface area contributed by atoms with Gasteiger partial charge >= 0.3 is 0 Å². The van der Waals surface area contributed by atoms with Gasteiger partial charge in [-0.05, 0) is 31.0 Å². The van der Waals surface area contributed by atoms with Gasteiger partial charge < -0.3 is 16.8 Å². The van der Waals surface area contributed by atoms with Crippen LogP contribution in [0.3, 0.4) is 0 Å². The summed E-state index contributed by atoms with van der Waals surface area (Å²) in [6, 6.07) is 4.71. The van der Waals surface area contributed by atoms with Crippen molar-refractivity contribution in [1.82, 2.24) is 5.32 Å². The summed E-state index contributed by atoms with van der Waals surface area (Å²) in [4.78, 5) is 22.7. The summed E-state index contributed by atoms with van der Waals surface area (Å²) in [6.45, 7) is 0. The molecule has 0 atom stereocenters. The molecule has 0 radical (unpaired) electrons. The van der Waals surface area contributed by atoms with Crippen LogP contribution >= 0.6 is 0 Å². The van der Waals surface area contributed by atoms with Gasteiger partial charge in [0.15, 0.2) is 0 Å². The number of benzene rings is 1. The first-order valence-electron chi connectivity index (χ1n) is 5.07. The van der Waals surface area contributed by atoms with Crippen LogP contribution < -0.4 is 16.8 Å². The Bertz CT molecular complexity index is 453. The van der Waals surface area contributed by atoms with Gasteiger partial charge in [-0.25, -0.2) is 0 Å². The third-order valence-electron chi connectivity index (χ3n) is 2.41. The standard InChI is InChI=1S/C11H13N3O2/c12-8-4-6(10(13)15)3-7(5-8)11(16)14-9-1-2-9/h3-5,9H,1-2,12H2,(H2,13,15)(H,14,16). The van der Waals surface area contributed by atoms with E-state index in [1.54, 1.807) is 0 Å². The van der Waals surface area contributed by atoms with E-state index in [9.17, 15) is 9.59 Å². The molecule has 0 aliphatic heterocycles. The van der Waals surface area contributed by atoms with Crippen LogP contribution in [0.1, 0.15) is 33.6 Å². The van der Waals surface area contributed by atoms with E-state index >= 15 is 0 Å². The largest absolute Gasteiger partial charge is 0.399 e. The smallest absolute Gasteiger partial charge is 0.251 e. The highest BCUT2D eigenvalue weighted by Gasteiger charge is 2.24. The second-order valence-corrected chi connectivity index (χ2v) is 3.96. The van der Waals surface area contributed by atoms with Gasteiger partial charge in [-0.15, -0.1) is 0 Å². The molecule has 0 bridgehead atoms. The van der Waals surface area contributed by atoms with E-state index in [4.69, 9.17) is 11.5 Å². The zero-order chi connectivity index (χ0) is 11.7. The van der Waals surface area contributed by atoms with Crippen molar-refractivity contribution in [2.45, 2.75) is 18.9 Å². The first-order valence-corrected chi connectivity index (χ1v) is 5.07. The zero-order valence-corrected chi connectivity index (χ0v) is 8.69. The Hall–Kier alpha value is -2.04. The van der Waals surface area contributed by atoms with Crippen LogP contribution in [-0.4, -0.2) is 17.9 Å². The molecular formula is C11H13N3O2. The maximum Gasteiger partial charge on any atom is 0.251 e. The Morgan fingerprint density at radius 3 is 2.38 bits per heavy atom. The molecule has 2 rings (SSSR count). The maximum absolute atomic E-state index is 11.7. The monoisotopic (exact) mass is 219 g/mol. The number of nitrogens with one attached hydrogen (secondary N) is 1. The molecule has 5 N–H and O–H groups in total. The SMILES string of the molecule is NC(=O)c1cc(N)cc(C(=O)NC2CC2)c1. The summed E-state index contributed by atoms with van der Waals surface area (Å²) >= 11 is 0. The fourth-order valence-corrected chi connectivity index (χ4v) is 1.42. The van der Waals surface area contributed by atoms with Crippen LogP contribution in [0.15, 0.2) is 18.2 Å². The average Bonchev–Trinajstić information content (AvgIpc) is 3.00. The van der Waals surface area contributed by atoms with Crippen LogP contribution in [0, 0.1) is 0 Å². The van der Waals surface area contributed by atoms with Crippen molar-refractivity contribution in [3.8, 4) is 0 Å². The molecule has 1 aliphatic rings. The number of primary amides is 1. The lowest BCUT2D eigenvalue weighted by molar-refractivity contribution is 0.0951. The molecule has 1 aromatic carbocycles. The molecule has 1 aliphatic carbocycles. The Labute approximate surface area is 92.8 Å². The van der Waals surface area contributed by atoms with Gasteiger partial charge in [-0.1, -0.05) is 0 Å². The second-order valence-electron chi connectivity index (χ2n) is 3.96. The van der Waals surface area contributed by atoms with Gasteiger partial charge in [0.2, 0.25) is 5.91 Å². The Morgan fingerprint density at radius 2 is 1.81 bits per heavy atom. The van der Waals surface area contributed by atoms with Gasteiger partial charge in [0.25, 0.3) is 5.91 Å². The summed E-state index contributed by atoms with van der Waals surface area (Å²) in [5.74, 6) is -0.801. The molecule has 1 aromatic rings. The minimum absolute atomic E-state index is 0.211. The molecule has 0 unspecified atom stereocenters. The number of hydrogen-bond acceptors (Lipinski definition) is 3. The van der Waals surface area contributed by atoms with Crippen LogP contribution in [0.25, 0.3) is 0 Å². The van der Waals surface area contributed by atoms with Crippen molar-refractivity contribution < 1.29 is 9.59 Å². The van der Waals surface area contributed by atoms with E-state index < -0.39 is 5.91 Å². The molecular weight excluding hydrogens is 206 g/mol. The fourth-order valence-electron chi connectivity index (χ4n) is 1.42. The molecule has 84 valence electrons. The van der Waals surface area contributed by atoms with E-state index in [0.29, 0.717) is 11.3 Å². The minimum atomic E-state index is -0.590. The van der Waals surface area contributed by atoms with E-state index in [-0.39, 0.29) is 17.5 Å². The zero-order valence-electron chi connectivity index (χ0n) is 8.69. The summed E-state index contributed by atoms with van der Waals surface area (Å²) in [7, 11) is 0. The van der Waals surface area contributed by atoms with E-state index in [1.165, 1.54) is 18.2 Å². The molecule has 0 aromatic heterocycles. The predicted molar refractivity (Wildman–Crippen MR) is 59.9 cm³/mol. The Kier molecular flexibility index (Phi) is 2.52. The average molecular weight is 219 g/mol. The second kappa shape index (κ2) is 3.84. The van der Waals surface area contributed by atoms with Crippen molar-refractivity contribution in [3.05, 3.63) is 29.3 Å².